The van der Waals surface area contributed by atoms with E-state index in [4.69, 9.17) is 21.3 Å². The molecule has 4 saturated heterocycles. The molecule has 2 bridgehead atoms. The van der Waals surface area contributed by atoms with Gasteiger partial charge in [0, 0.05) is 80.3 Å². The molecule has 0 saturated carbocycles. The fraction of sp³-hybridized carbons (Fsp3) is 0.459. The van der Waals surface area contributed by atoms with Crippen molar-refractivity contribution >= 4 is 45.0 Å². The van der Waals surface area contributed by atoms with Crippen molar-refractivity contribution < 1.29 is 23.4 Å². The molecule has 0 spiro atoms. The maximum absolute atomic E-state index is 16.9. The van der Waals surface area contributed by atoms with Crippen molar-refractivity contribution in [2.45, 2.75) is 62.7 Å². The van der Waals surface area contributed by atoms with Crippen molar-refractivity contribution in [3.8, 4) is 29.1 Å². The van der Waals surface area contributed by atoms with E-state index in [0.29, 0.717) is 72.6 Å². The minimum atomic E-state index is -0.920. The molecule has 2 aromatic carbocycles. The number of aromatic nitrogens is 3. The normalized spacial score (nSPS) is 27.7. The van der Waals surface area contributed by atoms with Crippen molar-refractivity contribution in [2.75, 3.05) is 44.7 Å². The van der Waals surface area contributed by atoms with Crippen LogP contribution in [-0.4, -0.2) is 106 Å². The fourth-order valence-corrected chi connectivity index (χ4v) is 8.27. The van der Waals surface area contributed by atoms with Gasteiger partial charge in [-0.3, -0.25) is 14.7 Å². The standard InChI is InChI=1S/C37H38ClF2N7O3/c1-45(25-12-14-46(20-25)30(49)11-10-24-16-26(48)17-41-24)35-28-18-42-33(27-8-2-5-21-6-3-9-29(38)31(21)27)32(40)34(28)43-37(44-35)50-36-22-7-4-13-47(36)19-23(39)15-22/h2-3,5-6,8-9,18,22-26,36,41,48H,4,7,12-17,19-20H2,1H3/t22-,23-,24-,25-,26-,36?/m1/s1. The van der Waals surface area contributed by atoms with Gasteiger partial charge < -0.3 is 25.0 Å². The number of hydrogen-bond acceptors (Lipinski definition) is 9. The second-order valence-corrected chi connectivity index (χ2v) is 14.2. The summed E-state index contributed by atoms with van der Waals surface area (Å²) in [6, 6.07) is 10.7. The number of rotatable bonds is 5. The van der Waals surface area contributed by atoms with E-state index in [9.17, 15) is 14.3 Å². The van der Waals surface area contributed by atoms with Gasteiger partial charge in [-0.1, -0.05) is 47.9 Å². The van der Waals surface area contributed by atoms with Crippen LogP contribution in [0.3, 0.4) is 0 Å². The zero-order valence-corrected chi connectivity index (χ0v) is 28.4. The third kappa shape index (κ3) is 6.21. The number of likely N-dealkylation sites (tertiary alicyclic amines) is 1. The lowest BCUT2D eigenvalue weighted by atomic mass is 9.86. The predicted octanol–water partition coefficient (Wildman–Crippen LogP) is 4.56. The van der Waals surface area contributed by atoms with Crippen molar-refractivity contribution in [2.24, 2.45) is 5.92 Å². The average Bonchev–Trinajstić information content (AvgIpc) is 3.77. The van der Waals surface area contributed by atoms with E-state index < -0.39 is 24.3 Å². The number of hydrogen-bond donors (Lipinski definition) is 2. The molecule has 4 aliphatic heterocycles. The molecule has 13 heteroatoms. The molecule has 0 radical (unpaired) electrons. The number of nitrogens with one attached hydrogen (secondary N) is 1. The van der Waals surface area contributed by atoms with E-state index in [0.717, 1.165) is 18.2 Å². The van der Waals surface area contributed by atoms with Crippen LogP contribution < -0.4 is 15.0 Å². The number of piperidine rings is 2. The summed E-state index contributed by atoms with van der Waals surface area (Å²) in [5, 5.41) is 15.3. The van der Waals surface area contributed by atoms with Gasteiger partial charge in [-0.05, 0) is 43.1 Å². The number of benzene rings is 2. The monoisotopic (exact) mass is 701 g/mol. The molecule has 10 nitrogen and oxygen atoms in total. The summed E-state index contributed by atoms with van der Waals surface area (Å²) in [6.07, 6.45) is 3.12. The molecule has 4 aromatic rings. The zero-order chi connectivity index (χ0) is 34.5. The van der Waals surface area contributed by atoms with E-state index in [1.807, 2.05) is 41.1 Å². The van der Waals surface area contributed by atoms with Gasteiger partial charge in [0.25, 0.3) is 5.91 Å². The van der Waals surface area contributed by atoms with Crippen LogP contribution in [0.2, 0.25) is 5.02 Å². The van der Waals surface area contributed by atoms with Gasteiger partial charge in [0.1, 0.15) is 23.2 Å². The van der Waals surface area contributed by atoms with Crippen LogP contribution in [0.25, 0.3) is 32.9 Å². The molecule has 4 aliphatic rings. The lowest BCUT2D eigenvalue weighted by molar-refractivity contribution is -0.124. The van der Waals surface area contributed by atoms with Crippen LogP contribution in [0, 0.1) is 23.6 Å². The van der Waals surface area contributed by atoms with Crippen molar-refractivity contribution in [1.29, 1.82) is 0 Å². The number of aliphatic hydroxyl groups is 1. The maximum Gasteiger partial charge on any atom is 0.320 e. The lowest BCUT2D eigenvalue weighted by Gasteiger charge is -2.45. The number of ether oxygens (including phenoxy) is 1. The first-order chi connectivity index (χ1) is 24.2. The Labute approximate surface area is 293 Å². The number of carbonyl (C=O) groups is 1. The number of amides is 1. The highest BCUT2D eigenvalue weighted by molar-refractivity contribution is 6.36. The van der Waals surface area contributed by atoms with Crippen LogP contribution in [0.5, 0.6) is 6.01 Å². The highest BCUT2D eigenvalue weighted by Crippen LogP contribution is 2.39. The minimum Gasteiger partial charge on any atom is -0.444 e. The molecule has 6 heterocycles. The third-order valence-corrected chi connectivity index (χ3v) is 10.9. The molecule has 8 rings (SSSR count). The van der Waals surface area contributed by atoms with Gasteiger partial charge in [0.2, 0.25) is 0 Å². The number of anilines is 1. The van der Waals surface area contributed by atoms with Gasteiger partial charge in [-0.25, -0.2) is 8.78 Å². The van der Waals surface area contributed by atoms with Gasteiger partial charge in [-0.15, -0.1) is 0 Å². The van der Waals surface area contributed by atoms with Crippen LogP contribution in [0.15, 0.2) is 42.6 Å². The largest absolute Gasteiger partial charge is 0.444 e. The first kappa shape index (κ1) is 33.0. The number of halogens is 3. The number of likely N-dealkylation sites (N-methyl/N-ethyl adjacent to an activating group) is 1. The van der Waals surface area contributed by atoms with Crippen LogP contribution in [-0.2, 0) is 4.79 Å². The molecule has 260 valence electrons. The van der Waals surface area contributed by atoms with E-state index >= 15 is 4.39 Å². The first-order valence-electron chi connectivity index (χ1n) is 17.3. The Morgan fingerprint density at radius 3 is 2.78 bits per heavy atom. The van der Waals surface area contributed by atoms with Crippen LogP contribution >= 0.6 is 11.6 Å². The lowest BCUT2D eigenvalue weighted by Crippen LogP contribution is -2.55. The van der Waals surface area contributed by atoms with E-state index in [1.54, 1.807) is 23.2 Å². The summed E-state index contributed by atoms with van der Waals surface area (Å²) in [4.78, 5) is 32.8. The van der Waals surface area contributed by atoms with Crippen molar-refractivity contribution in [3.63, 3.8) is 0 Å². The Balaban J connectivity index is 1.16. The SMILES string of the molecule is CN(c1nc(OC2[C@@H]3CCCN2C[C@H](F)C3)nc2c(F)c(-c3cccc4cccc(Cl)c34)ncc12)[C@@H]1CCN(C(=O)C#C[C@@H]2C[C@@H](O)CN2)C1. The fourth-order valence-electron chi connectivity index (χ4n) is 7.98. The average molecular weight is 702 g/mol. The highest BCUT2D eigenvalue weighted by atomic mass is 35.5. The maximum atomic E-state index is 16.9. The number of carbonyl (C=O) groups excluding carboxylic acids is 1. The quantitative estimate of drug-likeness (QED) is 0.290. The Morgan fingerprint density at radius 2 is 1.98 bits per heavy atom. The number of nitrogens with zero attached hydrogens (tertiary/aromatic N) is 6. The number of aliphatic hydroxyl groups excluding tert-OH is 1. The highest BCUT2D eigenvalue weighted by Gasteiger charge is 2.41. The van der Waals surface area contributed by atoms with Gasteiger partial charge in [-0.2, -0.15) is 9.97 Å². The summed E-state index contributed by atoms with van der Waals surface area (Å²) in [5.41, 5.74) is 0.695. The minimum absolute atomic E-state index is 0.00797. The molecule has 2 aromatic heterocycles. The van der Waals surface area contributed by atoms with Crippen molar-refractivity contribution in [1.82, 2.24) is 30.1 Å². The molecule has 2 unspecified atom stereocenters. The molecular formula is C37H38ClF2N7O3. The summed E-state index contributed by atoms with van der Waals surface area (Å²) in [5.74, 6) is 5.17. The first-order valence-corrected chi connectivity index (χ1v) is 17.6. The molecule has 7 atom stereocenters. The van der Waals surface area contributed by atoms with Crippen LogP contribution in [0.1, 0.15) is 32.1 Å². The summed E-state index contributed by atoms with van der Waals surface area (Å²) in [6.45, 7) is 2.34. The Bertz CT molecular complexity index is 2000. The van der Waals surface area contributed by atoms with E-state index in [1.165, 1.54) is 0 Å². The molecule has 50 heavy (non-hydrogen) atoms. The number of β-amino-alcohol motifs (C(OH)–C–C–N with tert-alkyl or cyclic N) is 1. The van der Waals surface area contributed by atoms with Crippen LogP contribution in [0.4, 0.5) is 14.6 Å². The number of fused-ring (bicyclic) bond motifs is 4. The second-order valence-electron chi connectivity index (χ2n) is 13.8. The number of alkyl halides is 1. The topological polar surface area (TPSA) is 107 Å². The van der Waals surface area contributed by atoms with Gasteiger partial charge in [0.05, 0.1) is 17.5 Å². The van der Waals surface area contributed by atoms with Gasteiger partial charge in [0.15, 0.2) is 12.0 Å². The third-order valence-electron chi connectivity index (χ3n) is 10.5. The van der Waals surface area contributed by atoms with Gasteiger partial charge >= 0.3 is 6.01 Å². The molecule has 4 fully saturated rings. The van der Waals surface area contributed by atoms with E-state index in [-0.39, 0.29) is 47.7 Å². The molecule has 2 N–H and O–H groups in total. The molecular weight excluding hydrogens is 664 g/mol. The Hall–Kier alpha value is -4.15. The van der Waals surface area contributed by atoms with E-state index in [2.05, 4.69) is 27.1 Å². The van der Waals surface area contributed by atoms with Crippen molar-refractivity contribution in [3.05, 3.63) is 53.4 Å². The summed E-state index contributed by atoms with van der Waals surface area (Å²) >= 11 is 6.62. The Morgan fingerprint density at radius 1 is 1.14 bits per heavy atom. The Kier molecular flexibility index (Phi) is 8.93. The zero-order valence-electron chi connectivity index (χ0n) is 27.7. The number of pyridine rings is 1. The summed E-state index contributed by atoms with van der Waals surface area (Å²) < 4.78 is 37.9. The summed E-state index contributed by atoms with van der Waals surface area (Å²) in [7, 11) is 1.86. The molecule has 0 aliphatic carbocycles. The second kappa shape index (κ2) is 13.5. The smallest absolute Gasteiger partial charge is 0.320 e. The predicted molar refractivity (Wildman–Crippen MR) is 187 cm³/mol. The molecule has 1 amide bonds.